The first kappa shape index (κ1) is 20.7. The lowest BCUT2D eigenvalue weighted by molar-refractivity contribution is 0.304. The van der Waals surface area contributed by atoms with Crippen LogP contribution in [0.4, 0.5) is 0 Å². The summed E-state index contributed by atoms with van der Waals surface area (Å²) in [5.41, 5.74) is 10.3. The molecule has 0 fully saturated rings. The summed E-state index contributed by atoms with van der Waals surface area (Å²) in [5, 5.41) is 0. The molecule has 0 amide bonds. The molecule has 2 heterocycles. The van der Waals surface area contributed by atoms with Gasteiger partial charge in [0.25, 0.3) is 0 Å². The van der Waals surface area contributed by atoms with E-state index in [0.29, 0.717) is 29.7 Å². The molecule has 0 aliphatic rings. The van der Waals surface area contributed by atoms with Crippen LogP contribution in [0.25, 0.3) is 22.6 Å². The van der Waals surface area contributed by atoms with E-state index in [2.05, 4.69) is 9.97 Å². The van der Waals surface area contributed by atoms with Gasteiger partial charge in [-0.1, -0.05) is 42.5 Å². The Hall–Kier alpha value is -4.16. The minimum absolute atomic E-state index is 0.0603. The maximum atomic E-state index is 5.97. The number of benzene rings is 3. The fraction of sp³-hybridized carbons (Fsp3) is 0.111. The molecular formula is C27H23N3O3. The van der Waals surface area contributed by atoms with Gasteiger partial charge in [0.15, 0.2) is 5.58 Å². The molecule has 0 aliphatic carbocycles. The number of aromatic nitrogens is 2. The van der Waals surface area contributed by atoms with Crippen molar-refractivity contribution in [2.75, 3.05) is 0 Å². The second-order valence-electron chi connectivity index (χ2n) is 7.77. The zero-order valence-corrected chi connectivity index (χ0v) is 18.1. The topological polar surface area (TPSA) is 83.4 Å². The van der Waals surface area contributed by atoms with Gasteiger partial charge in [0.1, 0.15) is 23.6 Å². The summed E-state index contributed by atoms with van der Waals surface area (Å²) in [6.07, 6.45) is 1.68. The molecule has 0 unspecified atom stereocenters. The third kappa shape index (κ3) is 4.86. The van der Waals surface area contributed by atoms with Crippen LogP contribution in [0.3, 0.4) is 0 Å². The number of oxazole rings is 1. The van der Waals surface area contributed by atoms with E-state index in [9.17, 15) is 0 Å². The average Bonchev–Trinajstić information content (AvgIpc) is 3.28. The van der Waals surface area contributed by atoms with Gasteiger partial charge in [0, 0.05) is 24.4 Å². The van der Waals surface area contributed by atoms with Crippen LogP contribution in [-0.2, 0) is 6.61 Å². The Bertz CT molecular complexity index is 1360. The van der Waals surface area contributed by atoms with Crippen LogP contribution in [0.1, 0.15) is 24.1 Å². The maximum absolute atomic E-state index is 5.97. The second kappa shape index (κ2) is 9.14. The quantitative estimate of drug-likeness (QED) is 0.323. The number of ether oxygens (including phenoxy) is 2. The Morgan fingerprint density at radius 1 is 0.909 bits per heavy atom. The van der Waals surface area contributed by atoms with E-state index in [4.69, 9.17) is 19.6 Å². The molecule has 1 atom stereocenters. The van der Waals surface area contributed by atoms with Crippen molar-refractivity contribution in [2.45, 2.75) is 19.6 Å². The summed E-state index contributed by atoms with van der Waals surface area (Å²) < 4.78 is 17.7. The smallest absolute Gasteiger partial charge is 0.228 e. The normalized spacial score (nSPS) is 11.9. The highest BCUT2D eigenvalue weighted by Gasteiger charge is 2.11. The highest BCUT2D eigenvalue weighted by atomic mass is 16.5. The number of fused-ring (bicyclic) bond motifs is 1. The summed E-state index contributed by atoms with van der Waals surface area (Å²) >= 11 is 0. The van der Waals surface area contributed by atoms with Crippen molar-refractivity contribution < 1.29 is 13.9 Å². The summed E-state index contributed by atoms with van der Waals surface area (Å²) in [7, 11) is 0. The number of rotatable bonds is 7. The van der Waals surface area contributed by atoms with E-state index in [0.717, 1.165) is 28.0 Å². The van der Waals surface area contributed by atoms with Crippen LogP contribution in [0.2, 0.25) is 0 Å². The monoisotopic (exact) mass is 437 g/mol. The SMILES string of the molecule is C[C@@H](N)c1ccc2oc(-c3ccc(Oc4cccc(OCc5ccccc5)c4)nc3)nc2c1. The Labute approximate surface area is 191 Å². The van der Waals surface area contributed by atoms with Crippen molar-refractivity contribution in [3.05, 3.63) is 102 Å². The van der Waals surface area contributed by atoms with Crippen LogP contribution in [0.5, 0.6) is 17.4 Å². The van der Waals surface area contributed by atoms with Crippen molar-refractivity contribution in [1.82, 2.24) is 9.97 Å². The van der Waals surface area contributed by atoms with E-state index in [1.54, 1.807) is 12.3 Å². The van der Waals surface area contributed by atoms with Crippen LogP contribution < -0.4 is 15.2 Å². The highest BCUT2D eigenvalue weighted by molar-refractivity contribution is 5.77. The summed E-state index contributed by atoms with van der Waals surface area (Å²) in [5.74, 6) is 2.34. The third-order valence-electron chi connectivity index (χ3n) is 5.20. The molecule has 0 bridgehead atoms. The van der Waals surface area contributed by atoms with Crippen LogP contribution in [-0.4, -0.2) is 9.97 Å². The minimum atomic E-state index is -0.0603. The van der Waals surface area contributed by atoms with Gasteiger partial charge in [0.05, 0.1) is 5.56 Å². The number of nitrogens with zero attached hydrogens (tertiary/aromatic N) is 2. The van der Waals surface area contributed by atoms with Gasteiger partial charge in [-0.25, -0.2) is 9.97 Å². The van der Waals surface area contributed by atoms with Gasteiger partial charge < -0.3 is 19.6 Å². The van der Waals surface area contributed by atoms with Gasteiger partial charge >= 0.3 is 0 Å². The Balaban J connectivity index is 1.28. The number of hydrogen-bond donors (Lipinski definition) is 1. The van der Waals surface area contributed by atoms with Crippen LogP contribution in [0, 0.1) is 0 Å². The third-order valence-corrected chi connectivity index (χ3v) is 5.20. The Morgan fingerprint density at radius 2 is 1.76 bits per heavy atom. The number of hydrogen-bond acceptors (Lipinski definition) is 6. The van der Waals surface area contributed by atoms with Gasteiger partial charge in [-0.05, 0) is 48.4 Å². The van der Waals surface area contributed by atoms with Gasteiger partial charge in [-0.15, -0.1) is 0 Å². The minimum Gasteiger partial charge on any atom is -0.489 e. The summed E-state index contributed by atoms with van der Waals surface area (Å²) in [6.45, 7) is 2.43. The molecule has 6 nitrogen and oxygen atoms in total. The van der Waals surface area contributed by atoms with Gasteiger partial charge in [-0.3, -0.25) is 0 Å². The molecule has 0 radical (unpaired) electrons. The fourth-order valence-electron chi connectivity index (χ4n) is 3.41. The zero-order chi connectivity index (χ0) is 22.6. The van der Waals surface area contributed by atoms with E-state index >= 15 is 0 Å². The largest absolute Gasteiger partial charge is 0.489 e. The molecule has 6 heteroatoms. The molecule has 0 spiro atoms. The van der Waals surface area contributed by atoms with Crippen molar-refractivity contribution >= 4 is 11.1 Å². The molecule has 0 saturated carbocycles. The van der Waals surface area contributed by atoms with Crippen molar-refractivity contribution in [1.29, 1.82) is 0 Å². The Kier molecular flexibility index (Phi) is 5.74. The van der Waals surface area contributed by atoms with E-state index in [1.807, 2.05) is 85.8 Å². The second-order valence-corrected chi connectivity index (χ2v) is 7.77. The summed E-state index contributed by atoms with van der Waals surface area (Å²) in [6, 6.07) is 26.9. The first-order chi connectivity index (χ1) is 16.1. The lowest BCUT2D eigenvalue weighted by atomic mass is 10.1. The lowest BCUT2D eigenvalue weighted by Gasteiger charge is -2.09. The van der Waals surface area contributed by atoms with Crippen molar-refractivity contribution in [3.63, 3.8) is 0 Å². The van der Waals surface area contributed by atoms with Crippen LogP contribution in [0.15, 0.2) is 95.5 Å². The molecule has 2 aromatic heterocycles. The zero-order valence-electron chi connectivity index (χ0n) is 18.1. The molecule has 164 valence electrons. The molecule has 2 N–H and O–H groups in total. The predicted octanol–water partition coefficient (Wildman–Crippen LogP) is 6.28. The summed E-state index contributed by atoms with van der Waals surface area (Å²) in [4.78, 5) is 8.98. The molecule has 5 aromatic rings. The molecule has 0 saturated heterocycles. The van der Waals surface area contributed by atoms with Crippen LogP contribution >= 0.6 is 0 Å². The Morgan fingerprint density at radius 3 is 2.55 bits per heavy atom. The first-order valence-electron chi connectivity index (χ1n) is 10.7. The van der Waals surface area contributed by atoms with E-state index < -0.39 is 0 Å². The molecule has 0 aliphatic heterocycles. The van der Waals surface area contributed by atoms with Crippen molar-refractivity contribution in [2.24, 2.45) is 5.73 Å². The maximum Gasteiger partial charge on any atom is 0.228 e. The van der Waals surface area contributed by atoms with E-state index in [1.165, 1.54) is 0 Å². The fourth-order valence-corrected chi connectivity index (χ4v) is 3.41. The number of nitrogens with two attached hydrogens (primary N) is 1. The van der Waals surface area contributed by atoms with Crippen molar-refractivity contribution in [3.8, 4) is 28.8 Å². The van der Waals surface area contributed by atoms with Gasteiger partial charge in [0.2, 0.25) is 11.8 Å². The average molecular weight is 437 g/mol. The van der Waals surface area contributed by atoms with Gasteiger partial charge in [-0.2, -0.15) is 0 Å². The lowest BCUT2D eigenvalue weighted by Crippen LogP contribution is -2.04. The molecule has 5 rings (SSSR count). The first-order valence-corrected chi connectivity index (χ1v) is 10.7. The highest BCUT2D eigenvalue weighted by Crippen LogP contribution is 2.28. The molecule has 3 aromatic carbocycles. The molecule has 33 heavy (non-hydrogen) atoms. The predicted molar refractivity (Wildman–Crippen MR) is 127 cm³/mol. The number of pyridine rings is 1. The van der Waals surface area contributed by atoms with E-state index in [-0.39, 0.29) is 6.04 Å². The standard InChI is InChI=1S/C27H23N3O3/c1-18(28)20-10-12-25-24(14-20)30-27(33-25)21-11-13-26(29-16-21)32-23-9-5-8-22(15-23)31-17-19-6-3-2-4-7-19/h2-16,18H,17,28H2,1H3/t18-/m1/s1. The molecular weight excluding hydrogens is 414 g/mol.